The average Bonchev–Trinajstić information content (AvgIpc) is 3.18. The molecule has 2 aromatic heterocycles. The van der Waals surface area contributed by atoms with Crippen molar-refractivity contribution in [2.24, 2.45) is 0 Å². The van der Waals surface area contributed by atoms with Crippen molar-refractivity contribution in [1.82, 2.24) is 19.5 Å². The molecule has 3 heterocycles. The minimum atomic E-state index is -3.73. The lowest BCUT2D eigenvalue weighted by Crippen LogP contribution is -2.32. The number of carbonyl (C=O) groups excluding carboxylic acids is 1. The number of pyridine rings is 1. The van der Waals surface area contributed by atoms with Crippen LogP contribution < -0.4 is 14.5 Å². The number of anilines is 2. The maximum absolute atomic E-state index is 12.9. The maximum Gasteiger partial charge on any atom is 0.283 e. The average molecular weight is 485 g/mol. The van der Waals surface area contributed by atoms with Gasteiger partial charge in [0.25, 0.3) is 5.91 Å². The lowest BCUT2D eigenvalue weighted by atomic mass is 10.0. The van der Waals surface area contributed by atoms with Crippen LogP contribution in [0.5, 0.6) is 0 Å². The van der Waals surface area contributed by atoms with Gasteiger partial charge in [0.2, 0.25) is 10.0 Å². The molecule has 0 unspecified atom stereocenters. The second-order valence-electron chi connectivity index (χ2n) is 9.34. The van der Waals surface area contributed by atoms with Crippen molar-refractivity contribution in [3.8, 4) is 5.69 Å². The highest BCUT2D eigenvalue weighted by Crippen LogP contribution is 2.36. The van der Waals surface area contributed by atoms with Crippen molar-refractivity contribution in [1.29, 1.82) is 0 Å². The summed E-state index contributed by atoms with van der Waals surface area (Å²) < 4.78 is 27.3. The normalized spacial score (nSPS) is 14.6. The third kappa shape index (κ3) is 4.86. The van der Waals surface area contributed by atoms with Crippen LogP contribution >= 0.6 is 0 Å². The Bertz CT molecular complexity index is 1320. The summed E-state index contributed by atoms with van der Waals surface area (Å²) in [6.07, 6.45) is 4.25. The van der Waals surface area contributed by atoms with Gasteiger partial charge in [-0.1, -0.05) is 19.9 Å². The minimum absolute atomic E-state index is 0.0544. The van der Waals surface area contributed by atoms with Gasteiger partial charge in [0, 0.05) is 32.9 Å². The zero-order chi connectivity index (χ0) is 24.6. The summed E-state index contributed by atoms with van der Waals surface area (Å²) in [4.78, 5) is 21.8. The summed E-state index contributed by atoms with van der Waals surface area (Å²) in [7, 11) is 0.216. The molecular formula is C24H32N6O3S. The van der Waals surface area contributed by atoms with Crippen LogP contribution in [0.25, 0.3) is 16.7 Å². The van der Waals surface area contributed by atoms with E-state index in [1.807, 2.05) is 43.3 Å². The quantitative estimate of drug-likeness (QED) is 0.573. The van der Waals surface area contributed by atoms with Gasteiger partial charge in [-0.3, -0.25) is 4.79 Å². The van der Waals surface area contributed by atoms with E-state index in [9.17, 15) is 13.2 Å². The van der Waals surface area contributed by atoms with E-state index in [1.54, 1.807) is 10.7 Å². The number of aromatic nitrogens is 3. The van der Waals surface area contributed by atoms with E-state index in [4.69, 9.17) is 5.10 Å². The van der Waals surface area contributed by atoms with E-state index in [1.165, 1.54) is 6.42 Å². The predicted molar refractivity (Wildman–Crippen MR) is 136 cm³/mol. The van der Waals surface area contributed by atoms with Crippen LogP contribution in [0.15, 0.2) is 30.3 Å². The summed E-state index contributed by atoms with van der Waals surface area (Å²) in [6.45, 7) is 5.91. The van der Waals surface area contributed by atoms with Gasteiger partial charge in [0.1, 0.15) is 5.69 Å². The van der Waals surface area contributed by atoms with Crippen LogP contribution in [0.3, 0.4) is 0 Å². The van der Waals surface area contributed by atoms with Crippen molar-refractivity contribution in [2.45, 2.75) is 39.0 Å². The van der Waals surface area contributed by atoms with Crippen LogP contribution in [0.1, 0.15) is 55.2 Å². The molecule has 9 nitrogen and oxygen atoms in total. The molecule has 1 fully saturated rings. The number of nitrogens with one attached hydrogen (secondary N) is 1. The summed E-state index contributed by atoms with van der Waals surface area (Å²) >= 11 is 0. The van der Waals surface area contributed by atoms with E-state index >= 15 is 0 Å². The Morgan fingerprint density at radius 1 is 1.12 bits per heavy atom. The summed E-state index contributed by atoms with van der Waals surface area (Å²) in [5, 5.41) is 5.85. The Balaban J connectivity index is 2.00. The minimum Gasteiger partial charge on any atom is -0.378 e. The van der Waals surface area contributed by atoms with Gasteiger partial charge in [-0.15, -0.1) is 0 Å². The summed E-state index contributed by atoms with van der Waals surface area (Å²) in [5.74, 6) is -0.620. The lowest BCUT2D eigenvalue weighted by Gasteiger charge is -2.30. The molecule has 0 saturated carbocycles. The molecule has 10 heteroatoms. The van der Waals surface area contributed by atoms with Gasteiger partial charge in [0.15, 0.2) is 5.65 Å². The number of rotatable bonds is 6. The second-order valence-corrected chi connectivity index (χ2v) is 11.1. The molecule has 4 rings (SSSR count). The van der Waals surface area contributed by atoms with Gasteiger partial charge < -0.3 is 9.80 Å². The fourth-order valence-electron chi connectivity index (χ4n) is 4.33. The van der Waals surface area contributed by atoms with Crippen LogP contribution in [-0.4, -0.2) is 62.5 Å². The maximum atomic E-state index is 12.9. The third-order valence-electron chi connectivity index (χ3n) is 5.99. The first-order valence-corrected chi connectivity index (χ1v) is 13.4. The molecule has 1 saturated heterocycles. The van der Waals surface area contributed by atoms with Crippen molar-refractivity contribution in [3.05, 3.63) is 41.7 Å². The van der Waals surface area contributed by atoms with E-state index in [0.29, 0.717) is 5.65 Å². The monoisotopic (exact) mass is 484 g/mol. The van der Waals surface area contributed by atoms with Crippen LogP contribution in [0.4, 0.5) is 11.4 Å². The smallest absolute Gasteiger partial charge is 0.283 e. The van der Waals surface area contributed by atoms with Gasteiger partial charge in [-0.25, -0.2) is 22.8 Å². The molecule has 0 bridgehead atoms. The largest absolute Gasteiger partial charge is 0.378 e. The predicted octanol–water partition coefficient (Wildman–Crippen LogP) is 3.29. The van der Waals surface area contributed by atoms with Crippen molar-refractivity contribution >= 4 is 38.3 Å². The number of nitrogens with zero attached hydrogens (tertiary/aromatic N) is 5. The molecule has 1 N–H and O–H groups in total. The Labute approximate surface area is 200 Å². The highest BCUT2D eigenvalue weighted by atomic mass is 32.2. The first kappa shape index (κ1) is 24.0. The number of hydrogen-bond donors (Lipinski definition) is 1. The molecule has 34 heavy (non-hydrogen) atoms. The van der Waals surface area contributed by atoms with Crippen molar-refractivity contribution in [2.75, 3.05) is 43.2 Å². The van der Waals surface area contributed by atoms with Crippen molar-refractivity contribution in [3.63, 3.8) is 0 Å². The Hall–Kier alpha value is -3.14. The van der Waals surface area contributed by atoms with Gasteiger partial charge >= 0.3 is 0 Å². The molecule has 1 aromatic carbocycles. The van der Waals surface area contributed by atoms with E-state index in [-0.39, 0.29) is 11.6 Å². The van der Waals surface area contributed by atoms with Crippen LogP contribution in [0, 0.1) is 0 Å². The molecule has 182 valence electrons. The SMILES string of the molecule is CC(C)c1nn(-c2cccc(N(C)C)c2)c2nc(C(=O)NS(C)(=O)=O)cc(N3CCCCC3)c12. The molecule has 0 spiro atoms. The molecule has 0 atom stereocenters. The van der Waals surface area contributed by atoms with E-state index < -0.39 is 15.9 Å². The Morgan fingerprint density at radius 2 is 1.82 bits per heavy atom. The zero-order valence-corrected chi connectivity index (χ0v) is 21.2. The number of benzene rings is 1. The molecule has 3 aromatic rings. The number of carbonyl (C=O) groups is 1. The standard InChI is InChI=1S/C24H32N6O3S/c1-16(2)22-21-20(29-12-7-6-8-13-29)15-19(24(31)27-34(5,32)33)25-23(21)30(26-22)18-11-9-10-17(14-18)28(3)4/h9-11,14-16H,6-8,12-13H2,1-5H3,(H,27,31). The van der Waals surface area contributed by atoms with Gasteiger partial charge in [-0.05, 0) is 49.4 Å². The van der Waals surface area contributed by atoms with Crippen molar-refractivity contribution < 1.29 is 13.2 Å². The molecule has 0 radical (unpaired) electrons. The fourth-order valence-corrected chi connectivity index (χ4v) is 4.77. The third-order valence-corrected chi connectivity index (χ3v) is 6.55. The molecule has 0 aliphatic carbocycles. The zero-order valence-electron chi connectivity index (χ0n) is 20.4. The number of amides is 1. The molecule has 1 aliphatic rings. The summed E-state index contributed by atoms with van der Waals surface area (Å²) in [5.41, 5.74) is 4.20. The van der Waals surface area contributed by atoms with Crippen LogP contribution in [-0.2, 0) is 10.0 Å². The van der Waals surface area contributed by atoms with E-state index in [2.05, 4.69) is 28.5 Å². The first-order valence-electron chi connectivity index (χ1n) is 11.5. The molecule has 1 aliphatic heterocycles. The second kappa shape index (κ2) is 9.25. The van der Waals surface area contributed by atoms with E-state index in [0.717, 1.165) is 60.3 Å². The highest BCUT2D eigenvalue weighted by molar-refractivity contribution is 7.89. The number of fused-ring (bicyclic) bond motifs is 1. The highest BCUT2D eigenvalue weighted by Gasteiger charge is 2.26. The number of sulfonamides is 1. The molecule has 1 amide bonds. The molecular weight excluding hydrogens is 452 g/mol. The Morgan fingerprint density at radius 3 is 2.44 bits per heavy atom. The first-order chi connectivity index (χ1) is 16.0. The Kier molecular flexibility index (Phi) is 6.53. The van der Waals surface area contributed by atoms with Crippen LogP contribution in [0.2, 0.25) is 0 Å². The lowest BCUT2D eigenvalue weighted by molar-refractivity contribution is 0.0977. The van der Waals surface area contributed by atoms with Gasteiger partial charge in [0.05, 0.1) is 28.7 Å². The topological polar surface area (TPSA) is 100 Å². The fraction of sp³-hybridized carbons (Fsp3) is 0.458. The number of hydrogen-bond acceptors (Lipinski definition) is 7. The van der Waals surface area contributed by atoms with Gasteiger partial charge in [-0.2, -0.15) is 5.10 Å². The summed E-state index contributed by atoms with van der Waals surface area (Å²) in [6, 6.07) is 9.65. The number of piperidine rings is 1.